The first-order valence-electron chi connectivity index (χ1n) is 6.19. The predicted molar refractivity (Wildman–Crippen MR) is 69.8 cm³/mol. The minimum absolute atomic E-state index is 0.314. The lowest BCUT2D eigenvalue weighted by molar-refractivity contribution is 0.0614. The van der Waals surface area contributed by atoms with Gasteiger partial charge in [-0.05, 0) is 18.6 Å². The summed E-state index contributed by atoms with van der Waals surface area (Å²) in [5.74, 6) is 0.251. The highest BCUT2D eigenvalue weighted by molar-refractivity contribution is 5.89. The number of carbonyl (C=O) groups excluding carboxylic acids is 1. The molecular formula is C15H20O2. The summed E-state index contributed by atoms with van der Waals surface area (Å²) < 4.78 is 5.18. The molecule has 2 nitrogen and oxygen atoms in total. The van der Waals surface area contributed by atoms with E-state index in [1.807, 2.05) is 18.2 Å². The minimum atomic E-state index is -0.314. The molecule has 0 saturated heterocycles. The quantitative estimate of drug-likeness (QED) is 0.397. The molecule has 0 aliphatic rings. The third-order valence-electron chi connectivity index (χ3n) is 2.56. The van der Waals surface area contributed by atoms with Gasteiger partial charge in [-0.1, -0.05) is 51.0 Å². The molecule has 0 radical (unpaired) electrons. The van der Waals surface area contributed by atoms with Crippen molar-refractivity contribution in [2.75, 3.05) is 0 Å². The van der Waals surface area contributed by atoms with Crippen LogP contribution in [0.15, 0.2) is 42.7 Å². The van der Waals surface area contributed by atoms with Crippen molar-refractivity contribution in [1.29, 1.82) is 0 Å². The summed E-state index contributed by atoms with van der Waals surface area (Å²) >= 11 is 0. The van der Waals surface area contributed by atoms with Crippen molar-refractivity contribution < 1.29 is 9.53 Å². The molecule has 17 heavy (non-hydrogen) atoms. The second-order valence-corrected chi connectivity index (χ2v) is 4.10. The first-order valence-corrected chi connectivity index (χ1v) is 6.19. The van der Waals surface area contributed by atoms with E-state index < -0.39 is 0 Å². The van der Waals surface area contributed by atoms with Crippen molar-refractivity contribution in [2.24, 2.45) is 0 Å². The molecule has 0 heterocycles. The number of ether oxygens (including phenoxy) is 1. The number of esters is 1. The van der Waals surface area contributed by atoms with Gasteiger partial charge in [-0.3, -0.25) is 0 Å². The molecule has 1 rings (SSSR count). The lowest BCUT2D eigenvalue weighted by Crippen LogP contribution is -2.04. The Kier molecular flexibility index (Phi) is 6.08. The monoisotopic (exact) mass is 232 g/mol. The lowest BCUT2D eigenvalue weighted by atomic mass is 10.1. The largest absolute Gasteiger partial charge is 0.428 e. The molecule has 1 aromatic rings. The highest BCUT2D eigenvalue weighted by Gasteiger charge is 2.07. The predicted octanol–water partition coefficient (Wildman–Crippen LogP) is 4.33. The van der Waals surface area contributed by atoms with E-state index in [2.05, 4.69) is 13.5 Å². The molecule has 92 valence electrons. The maximum Gasteiger partial charge on any atom is 0.343 e. The summed E-state index contributed by atoms with van der Waals surface area (Å²) in [5, 5.41) is 0. The van der Waals surface area contributed by atoms with E-state index in [4.69, 9.17) is 4.74 Å². The molecule has 0 aliphatic heterocycles. The smallest absolute Gasteiger partial charge is 0.343 e. The van der Waals surface area contributed by atoms with E-state index in [-0.39, 0.29) is 5.97 Å². The summed E-state index contributed by atoms with van der Waals surface area (Å²) in [6.45, 7) is 5.95. The third-order valence-corrected chi connectivity index (χ3v) is 2.56. The number of rotatable bonds is 7. The summed E-state index contributed by atoms with van der Waals surface area (Å²) in [6, 6.07) is 9.00. The van der Waals surface area contributed by atoms with Gasteiger partial charge in [0.15, 0.2) is 0 Å². The Morgan fingerprint density at radius 2 is 1.88 bits per heavy atom. The molecule has 0 unspecified atom stereocenters. The van der Waals surface area contributed by atoms with Crippen LogP contribution in [0, 0.1) is 0 Å². The Morgan fingerprint density at radius 1 is 1.18 bits per heavy atom. The van der Waals surface area contributed by atoms with Crippen LogP contribution in [0.2, 0.25) is 0 Å². The average molecular weight is 232 g/mol. The number of carbonyl (C=O) groups is 1. The zero-order valence-corrected chi connectivity index (χ0v) is 10.4. The Morgan fingerprint density at radius 3 is 2.53 bits per heavy atom. The van der Waals surface area contributed by atoms with Crippen LogP contribution >= 0.6 is 0 Å². The number of unbranched alkanes of at least 4 members (excludes halogenated alkanes) is 3. The van der Waals surface area contributed by atoms with E-state index in [0.717, 1.165) is 12.8 Å². The van der Waals surface area contributed by atoms with Gasteiger partial charge < -0.3 is 4.74 Å². The molecule has 0 fully saturated rings. The molecule has 0 amide bonds. The standard InChI is InChI=1S/C15H20O2/c1-3-4-5-7-10-13(2)17-15(16)14-11-8-6-9-12-14/h6,8-9,11-12H,2-5,7,10H2,1H3. The van der Waals surface area contributed by atoms with Gasteiger partial charge in [0.1, 0.15) is 5.76 Å². The average Bonchev–Trinajstić information content (AvgIpc) is 2.36. The van der Waals surface area contributed by atoms with E-state index in [1.165, 1.54) is 19.3 Å². The molecule has 0 atom stereocenters. The zero-order valence-electron chi connectivity index (χ0n) is 10.4. The summed E-state index contributed by atoms with van der Waals surface area (Å²) in [5.41, 5.74) is 0.571. The Hall–Kier alpha value is -1.57. The maximum atomic E-state index is 11.7. The van der Waals surface area contributed by atoms with Gasteiger partial charge in [0.05, 0.1) is 5.56 Å². The van der Waals surface area contributed by atoms with Crippen LogP contribution in [0.1, 0.15) is 49.4 Å². The van der Waals surface area contributed by atoms with Crippen molar-refractivity contribution in [1.82, 2.24) is 0 Å². The van der Waals surface area contributed by atoms with Crippen LogP contribution in [0.25, 0.3) is 0 Å². The Bertz CT molecular complexity index is 354. The lowest BCUT2D eigenvalue weighted by Gasteiger charge is -2.07. The van der Waals surface area contributed by atoms with Crippen LogP contribution in [-0.2, 0) is 4.74 Å². The van der Waals surface area contributed by atoms with E-state index in [9.17, 15) is 4.79 Å². The topological polar surface area (TPSA) is 26.3 Å². The fraction of sp³-hybridized carbons (Fsp3) is 0.400. The summed E-state index contributed by atoms with van der Waals surface area (Å²) in [7, 11) is 0. The molecule has 0 aliphatic carbocycles. The molecule has 2 heteroatoms. The first kappa shape index (κ1) is 13.5. The van der Waals surface area contributed by atoms with Crippen molar-refractivity contribution in [3.05, 3.63) is 48.2 Å². The van der Waals surface area contributed by atoms with Crippen LogP contribution in [0.5, 0.6) is 0 Å². The first-order chi connectivity index (χ1) is 8.24. The van der Waals surface area contributed by atoms with Gasteiger partial charge in [-0.15, -0.1) is 0 Å². The van der Waals surface area contributed by atoms with Crippen molar-refractivity contribution >= 4 is 5.97 Å². The van der Waals surface area contributed by atoms with Gasteiger partial charge in [0.25, 0.3) is 0 Å². The number of benzene rings is 1. The molecule has 0 spiro atoms. The van der Waals surface area contributed by atoms with Gasteiger partial charge in [-0.2, -0.15) is 0 Å². The maximum absolute atomic E-state index is 11.7. The summed E-state index contributed by atoms with van der Waals surface area (Å²) in [4.78, 5) is 11.7. The van der Waals surface area contributed by atoms with E-state index in [1.54, 1.807) is 12.1 Å². The molecule has 0 bridgehead atoms. The summed E-state index contributed by atoms with van der Waals surface area (Å²) in [6.07, 6.45) is 5.39. The normalized spacial score (nSPS) is 9.94. The highest BCUT2D eigenvalue weighted by atomic mass is 16.5. The SMILES string of the molecule is C=C(CCCCCC)OC(=O)c1ccccc1. The second-order valence-electron chi connectivity index (χ2n) is 4.10. The van der Waals surface area contributed by atoms with Gasteiger partial charge in [-0.25, -0.2) is 4.79 Å². The van der Waals surface area contributed by atoms with Gasteiger partial charge >= 0.3 is 5.97 Å². The minimum Gasteiger partial charge on any atom is -0.428 e. The molecule has 0 N–H and O–H groups in total. The Labute approximate surface area is 103 Å². The van der Waals surface area contributed by atoms with E-state index >= 15 is 0 Å². The van der Waals surface area contributed by atoms with Crippen molar-refractivity contribution in [3.63, 3.8) is 0 Å². The number of allylic oxidation sites excluding steroid dienone is 1. The molecular weight excluding hydrogens is 212 g/mol. The molecule has 0 saturated carbocycles. The van der Waals surface area contributed by atoms with Crippen molar-refractivity contribution in [2.45, 2.75) is 39.0 Å². The van der Waals surface area contributed by atoms with Crippen molar-refractivity contribution in [3.8, 4) is 0 Å². The Balaban J connectivity index is 2.29. The fourth-order valence-electron chi connectivity index (χ4n) is 1.56. The molecule has 0 aromatic heterocycles. The highest BCUT2D eigenvalue weighted by Crippen LogP contribution is 2.12. The second kappa shape index (κ2) is 7.66. The van der Waals surface area contributed by atoms with E-state index in [0.29, 0.717) is 11.3 Å². The number of hydrogen-bond donors (Lipinski definition) is 0. The fourth-order valence-corrected chi connectivity index (χ4v) is 1.56. The third kappa shape index (κ3) is 5.34. The number of hydrogen-bond acceptors (Lipinski definition) is 2. The van der Waals surface area contributed by atoms with Gasteiger partial charge in [0, 0.05) is 6.42 Å². The van der Waals surface area contributed by atoms with Crippen LogP contribution in [-0.4, -0.2) is 5.97 Å². The zero-order chi connectivity index (χ0) is 12.5. The van der Waals surface area contributed by atoms with Gasteiger partial charge in [0.2, 0.25) is 0 Å². The molecule has 1 aromatic carbocycles. The van der Waals surface area contributed by atoms with Crippen LogP contribution in [0.3, 0.4) is 0 Å². The van der Waals surface area contributed by atoms with Crippen LogP contribution in [0.4, 0.5) is 0 Å². The van der Waals surface area contributed by atoms with Crippen LogP contribution < -0.4 is 0 Å².